The first-order valence-corrected chi connectivity index (χ1v) is 9.65. The summed E-state index contributed by atoms with van der Waals surface area (Å²) < 4.78 is 0. The molecule has 3 nitrogen and oxygen atoms in total. The number of thiophene rings is 1. The van der Waals surface area contributed by atoms with Crippen molar-refractivity contribution in [2.45, 2.75) is 13.8 Å². The molecule has 0 bridgehead atoms. The maximum Gasteiger partial charge on any atom is 0.155 e. The van der Waals surface area contributed by atoms with Crippen LogP contribution in [0.15, 0.2) is 84.6 Å². The zero-order chi connectivity index (χ0) is 19.9. The minimum absolute atomic E-state index is 0. The number of benzene rings is 2. The summed E-state index contributed by atoms with van der Waals surface area (Å²) in [6.07, 6.45) is 1.17. The Bertz CT molecular complexity index is 1060. The molecule has 5 heteroatoms. The first kappa shape index (κ1) is 22.7. The van der Waals surface area contributed by atoms with Crippen LogP contribution in [-0.2, 0) is 24.9 Å². The zero-order valence-electron chi connectivity index (χ0n) is 16.0. The molecule has 4 aromatic rings. The Kier molecular flexibility index (Phi) is 8.47. The second-order valence-corrected chi connectivity index (χ2v) is 7.27. The second kappa shape index (κ2) is 10.8. The van der Waals surface area contributed by atoms with Crippen LogP contribution in [-0.4, -0.2) is 15.9 Å². The van der Waals surface area contributed by atoms with Gasteiger partial charge < -0.3 is 5.11 Å². The Morgan fingerprint density at radius 2 is 1.76 bits per heavy atom. The maximum atomic E-state index is 10.0. The van der Waals surface area contributed by atoms with Crippen LogP contribution < -0.4 is 0 Å². The summed E-state index contributed by atoms with van der Waals surface area (Å²) in [6, 6.07) is 28.0. The van der Waals surface area contributed by atoms with Crippen molar-refractivity contribution in [1.82, 2.24) is 4.98 Å². The number of nitrogens with zero attached hydrogens (tertiary/aromatic N) is 1. The van der Waals surface area contributed by atoms with Crippen molar-refractivity contribution >= 4 is 27.3 Å². The number of allylic oxidation sites excluding steroid dienone is 2. The molecule has 1 N–H and O–H groups in total. The van der Waals surface area contributed by atoms with Gasteiger partial charge in [-0.2, -0.15) is 0 Å². The van der Waals surface area contributed by atoms with Crippen LogP contribution in [0.5, 0.6) is 0 Å². The Morgan fingerprint density at radius 1 is 1.03 bits per heavy atom. The van der Waals surface area contributed by atoms with Crippen LogP contribution in [0.25, 0.3) is 31.9 Å². The Labute approximate surface area is 188 Å². The zero-order valence-corrected chi connectivity index (χ0v) is 19.3. The summed E-state index contributed by atoms with van der Waals surface area (Å²) in [7, 11) is 0. The number of rotatable bonds is 3. The Balaban J connectivity index is 0.000000327. The molecule has 0 saturated heterocycles. The van der Waals surface area contributed by atoms with Crippen molar-refractivity contribution in [3.63, 3.8) is 0 Å². The third-order valence-corrected chi connectivity index (χ3v) is 4.93. The molecule has 0 unspecified atom stereocenters. The quantitative estimate of drug-likeness (QED) is 0.172. The number of hydrogen-bond acceptors (Lipinski definition) is 4. The molecule has 4 rings (SSSR count). The van der Waals surface area contributed by atoms with Crippen LogP contribution in [0.3, 0.4) is 0 Å². The van der Waals surface area contributed by atoms with E-state index in [-0.39, 0.29) is 31.6 Å². The predicted molar refractivity (Wildman–Crippen MR) is 116 cm³/mol. The van der Waals surface area contributed by atoms with E-state index in [1.54, 1.807) is 11.3 Å². The fourth-order valence-electron chi connectivity index (χ4n) is 2.66. The summed E-state index contributed by atoms with van der Waals surface area (Å²) in [6.45, 7) is 2.85. The van der Waals surface area contributed by atoms with Gasteiger partial charge in [0.05, 0.1) is 5.76 Å². The SMILES string of the molecule is CC(=O)C=C(C)O.[Ir].[c-]1ccccc1-c1ccc2cc(-c3ccccc3)sc2n1. The molecule has 29 heavy (non-hydrogen) atoms. The van der Waals surface area contributed by atoms with E-state index in [2.05, 4.69) is 48.5 Å². The fraction of sp³-hybridized carbons (Fsp3) is 0.0833. The van der Waals surface area contributed by atoms with Gasteiger partial charge in [0.25, 0.3) is 0 Å². The Hall–Kier alpha value is -2.59. The van der Waals surface area contributed by atoms with Crippen molar-refractivity contribution in [3.05, 3.63) is 90.7 Å². The third kappa shape index (κ3) is 6.46. The first-order chi connectivity index (χ1) is 13.5. The van der Waals surface area contributed by atoms with Crippen molar-refractivity contribution in [2.75, 3.05) is 0 Å². The van der Waals surface area contributed by atoms with Crippen molar-refractivity contribution in [3.8, 4) is 21.7 Å². The molecule has 0 saturated carbocycles. The molecular weight excluding hydrogens is 559 g/mol. The van der Waals surface area contributed by atoms with E-state index in [1.165, 1.54) is 35.8 Å². The molecule has 0 aliphatic carbocycles. The monoisotopic (exact) mass is 579 g/mol. The third-order valence-electron chi connectivity index (χ3n) is 3.84. The number of carbonyl (C=O) groups is 1. The van der Waals surface area contributed by atoms with Gasteiger partial charge in [0.2, 0.25) is 0 Å². The summed E-state index contributed by atoms with van der Waals surface area (Å²) in [5.74, 6) is -0.0625. The van der Waals surface area contributed by atoms with Gasteiger partial charge in [-0.3, -0.25) is 9.78 Å². The fourth-order valence-corrected chi connectivity index (χ4v) is 3.70. The van der Waals surface area contributed by atoms with E-state index in [4.69, 9.17) is 10.1 Å². The van der Waals surface area contributed by atoms with Gasteiger partial charge >= 0.3 is 0 Å². The van der Waals surface area contributed by atoms with Gasteiger partial charge in [-0.15, -0.1) is 47.2 Å². The summed E-state index contributed by atoms with van der Waals surface area (Å²) in [5.41, 5.74) is 3.26. The van der Waals surface area contributed by atoms with E-state index in [0.29, 0.717) is 0 Å². The summed E-state index contributed by atoms with van der Waals surface area (Å²) in [5, 5.41) is 9.56. The van der Waals surface area contributed by atoms with Crippen LogP contribution in [0, 0.1) is 6.07 Å². The number of ketones is 1. The predicted octanol–water partition coefficient (Wildman–Crippen LogP) is 6.47. The smallest absolute Gasteiger partial charge is 0.155 e. The minimum atomic E-state index is -0.125. The molecule has 1 radical (unpaired) electrons. The maximum absolute atomic E-state index is 10.0. The van der Waals surface area contributed by atoms with E-state index < -0.39 is 0 Å². The molecule has 2 aromatic heterocycles. The van der Waals surface area contributed by atoms with E-state index in [1.807, 2.05) is 30.3 Å². The number of pyridine rings is 1. The van der Waals surface area contributed by atoms with E-state index in [0.717, 1.165) is 16.1 Å². The number of hydrogen-bond donors (Lipinski definition) is 1. The number of aliphatic hydroxyl groups is 1. The number of carbonyl (C=O) groups excluding carboxylic acids is 1. The first-order valence-electron chi connectivity index (χ1n) is 8.84. The number of aliphatic hydroxyl groups excluding tert-OH is 1. The standard InChI is InChI=1S/C19H12NS.C5H8O2.Ir/c1-3-7-14(8-4-1)17-12-11-16-13-18(21-19(16)20-17)15-9-5-2-6-10-15;1-4(6)3-5(2)7;/h1-7,9-13H;3,6H,1-2H3;/q-1;;. The minimum Gasteiger partial charge on any atom is -0.512 e. The van der Waals surface area contributed by atoms with Gasteiger partial charge in [-0.05, 0) is 31.2 Å². The molecule has 0 fully saturated rings. The molecule has 0 amide bonds. The molecule has 0 aliphatic rings. The average molecular weight is 579 g/mol. The van der Waals surface area contributed by atoms with Crippen LogP contribution in [0.2, 0.25) is 0 Å². The van der Waals surface area contributed by atoms with Crippen molar-refractivity contribution in [2.24, 2.45) is 0 Å². The number of aromatic nitrogens is 1. The summed E-state index contributed by atoms with van der Waals surface area (Å²) >= 11 is 1.73. The van der Waals surface area contributed by atoms with E-state index in [9.17, 15) is 4.79 Å². The second-order valence-electron chi connectivity index (χ2n) is 6.24. The molecule has 149 valence electrons. The summed E-state index contributed by atoms with van der Waals surface area (Å²) in [4.78, 5) is 17.1. The normalized spacial score (nSPS) is 10.6. The van der Waals surface area contributed by atoms with Crippen LogP contribution in [0.1, 0.15) is 13.8 Å². The van der Waals surface area contributed by atoms with Gasteiger partial charge in [-0.25, -0.2) is 0 Å². The van der Waals surface area contributed by atoms with Gasteiger partial charge in [0, 0.05) is 36.4 Å². The molecular formula is C24H20IrNO2S-. The molecule has 0 aliphatic heterocycles. The Morgan fingerprint density at radius 3 is 2.34 bits per heavy atom. The van der Waals surface area contributed by atoms with Gasteiger partial charge in [0.15, 0.2) is 5.78 Å². The topological polar surface area (TPSA) is 50.2 Å². The largest absolute Gasteiger partial charge is 0.512 e. The van der Waals surface area contributed by atoms with Crippen LogP contribution in [0.4, 0.5) is 0 Å². The molecule has 2 aromatic carbocycles. The van der Waals surface area contributed by atoms with Crippen molar-refractivity contribution in [1.29, 1.82) is 0 Å². The molecule has 0 spiro atoms. The molecule has 2 heterocycles. The van der Waals surface area contributed by atoms with E-state index >= 15 is 0 Å². The molecule has 0 atom stereocenters. The van der Waals surface area contributed by atoms with Gasteiger partial charge in [0.1, 0.15) is 4.83 Å². The van der Waals surface area contributed by atoms with Crippen LogP contribution >= 0.6 is 11.3 Å². The number of fused-ring (bicyclic) bond motifs is 1. The van der Waals surface area contributed by atoms with Crippen molar-refractivity contribution < 1.29 is 30.0 Å². The average Bonchev–Trinajstić information content (AvgIpc) is 3.12. The van der Waals surface area contributed by atoms with Gasteiger partial charge in [-0.1, -0.05) is 42.5 Å².